The van der Waals surface area contributed by atoms with Crippen LogP contribution < -0.4 is 10.9 Å². The van der Waals surface area contributed by atoms with E-state index in [-0.39, 0.29) is 31.1 Å². The SMILES string of the molecule is O=C(O)c1ccc(COCc2csc3nc(C(=O)NCc4cccc(Cl)c4)[nH]c(=O)c23)cc1. The summed E-state index contributed by atoms with van der Waals surface area (Å²) in [6, 6.07) is 13.5. The minimum absolute atomic E-state index is 0.0673. The van der Waals surface area contributed by atoms with Gasteiger partial charge in [0.25, 0.3) is 11.5 Å². The average Bonchev–Trinajstić information content (AvgIpc) is 3.21. The van der Waals surface area contributed by atoms with Crippen LogP contribution in [0.25, 0.3) is 10.2 Å². The van der Waals surface area contributed by atoms with Gasteiger partial charge in [-0.2, -0.15) is 0 Å². The van der Waals surface area contributed by atoms with Gasteiger partial charge in [-0.3, -0.25) is 9.59 Å². The summed E-state index contributed by atoms with van der Waals surface area (Å²) in [7, 11) is 0. The number of carboxylic acid groups (broad SMARTS) is 1. The second-order valence-corrected chi connectivity index (χ2v) is 8.46. The van der Waals surface area contributed by atoms with Crippen LogP contribution >= 0.6 is 22.9 Å². The maximum Gasteiger partial charge on any atom is 0.335 e. The summed E-state index contributed by atoms with van der Waals surface area (Å²) in [5.41, 5.74) is 2.08. The van der Waals surface area contributed by atoms with E-state index in [4.69, 9.17) is 21.4 Å². The topological polar surface area (TPSA) is 121 Å². The van der Waals surface area contributed by atoms with E-state index < -0.39 is 17.4 Å². The first-order valence-electron chi connectivity index (χ1n) is 9.83. The van der Waals surface area contributed by atoms with Crippen molar-refractivity contribution in [3.8, 4) is 0 Å². The molecular formula is C23H18ClN3O5S. The number of aromatic amines is 1. The highest BCUT2D eigenvalue weighted by atomic mass is 35.5. The van der Waals surface area contributed by atoms with E-state index >= 15 is 0 Å². The zero-order chi connectivity index (χ0) is 23.4. The van der Waals surface area contributed by atoms with Crippen molar-refractivity contribution in [2.75, 3.05) is 0 Å². The third-order valence-electron chi connectivity index (χ3n) is 4.80. The smallest absolute Gasteiger partial charge is 0.335 e. The molecule has 168 valence electrons. The van der Waals surface area contributed by atoms with E-state index in [2.05, 4.69) is 15.3 Å². The maximum absolute atomic E-state index is 12.6. The predicted molar refractivity (Wildman–Crippen MR) is 125 cm³/mol. The number of fused-ring (bicyclic) bond motifs is 1. The fourth-order valence-electron chi connectivity index (χ4n) is 3.16. The fraction of sp³-hybridized carbons (Fsp3) is 0.130. The molecule has 33 heavy (non-hydrogen) atoms. The Hall–Kier alpha value is -3.53. The van der Waals surface area contributed by atoms with Crippen LogP contribution in [0.2, 0.25) is 5.02 Å². The molecular weight excluding hydrogens is 466 g/mol. The maximum atomic E-state index is 12.6. The number of carbonyl (C=O) groups excluding carboxylic acids is 1. The van der Waals surface area contributed by atoms with E-state index in [1.54, 1.807) is 35.7 Å². The first kappa shape index (κ1) is 22.7. The molecule has 1 amide bonds. The number of ether oxygens (including phenoxy) is 1. The molecule has 0 saturated carbocycles. The van der Waals surface area contributed by atoms with Gasteiger partial charge in [-0.25, -0.2) is 9.78 Å². The lowest BCUT2D eigenvalue weighted by Crippen LogP contribution is -2.27. The lowest BCUT2D eigenvalue weighted by Gasteiger charge is -2.06. The third-order valence-corrected chi connectivity index (χ3v) is 5.96. The van der Waals surface area contributed by atoms with Crippen molar-refractivity contribution in [3.63, 3.8) is 0 Å². The summed E-state index contributed by atoms with van der Waals surface area (Å²) in [5, 5.41) is 14.4. The molecule has 4 rings (SSSR count). The Balaban J connectivity index is 1.41. The van der Waals surface area contributed by atoms with Crippen LogP contribution in [-0.4, -0.2) is 27.0 Å². The Morgan fingerprint density at radius 2 is 1.91 bits per heavy atom. The number of halogens is 1. The van der Waals surface area contributed by atoms with Crippen LogP contribution in [0.1, 0.15) is 37.7 Å². The minimum atomic E-state index is -0.989. The van der Waals surface area contributed by atoms with Crippen LogP contribution in [0.5, 0.6) is 0 Å². The molecule has 3 N–H and O–H groups in total. The molecule has 2 aromatic heterocycles. The van der Waals surface area contributed by atoms with Crippen LogP contribution in [-0.2, 0) is 24.5 Å². The molecule has 0 aliphatic rings. The number of aromatic carboxylic acids is 1. The Labute approximate surface area is 196 Å². The Bertz CT molecular complexity index is 1380. The van der Waals surface area contributed by atoms with Gasteiger partial charge in [-0.15, -0.1) is 11.3 Å². The molecule has 0 radical (unpaired) electrons. The van der Waals surface area contributed by atoms with Gasteiger partial charge in [0.15, 0.2) is 0 Å². The van der Waals surface area contributed by atoms with Crippen LogP contribution in [0.4, 0.5) is 0 Å². The van der Waals surface area contributed by atoms with Gasteiger partial charge in [-0.05, 0) is 40.8 Å². The quantitative estimate of drug-likeness (QED) is 0.348. The van der Waals surface area contributed by atoms with Crippen molar-refractivity contribution in [2.24, 2.45) is 0 Å². The summed E-state index contributed by atoms with van der Waals surface area (Å²) in [4.78, 5) is 43.3. The largest absolute Gasteiger partial charge is 0.478 e. The summed E-state index contributed by atoms with van der Waals surface area (Å²) in [6.07, 6.45) is 0. The summed E-state index contributed by atoms with van der Waals surface area (Å²) in [5.74, 6) is -1.55. The minimum Gasteiger partial charge on any atom is -0.478 e. The molecule has 10 heteroatoms. The first-order valence-corrected chi connectivity index (χ1v) is 11.1. The number of benzene rings is 2. The highest BCUT2D eigenvalue weighted by Gasteiger charge is 2.15. The number of amides is 1. The fourth-order valence-corrected chi connectivity index (χ4v) is 4.29. The van der Waals surface area contributed by atoms with Crippen molar-refractivity contribution in [2.45, 2.75) is 19.8 Å². The molecule has 2 heterocycles. The second kappa shape index (κ2) is 9.95. The molecule has 0 atom stereocenters. The van der Waals surface area contributed by atoms with Gasteiger partial charge < -0.3 is 20.1 Å². The summed E-state index contributed by atoms with van der Waals surface area (Å²) >= 11 is 7.21. The van der Waals surface area contributed by atoms with Crippen LogP contribution in [0.3, 0.4) is 0 Å². The summed E-state index contributed by atoms with van der Waals surface area (Å²) < 4.78 is 5.69. The Morgan fingerprint density at radius 1 is 1.12 bits per heavy atom. The van der Waals surface area contributed by atoms with E-state index in [1.165, 1.54) is 23.5 Å². The first-order chi connectivity index (χ1) is 15.9. The number of nitrogens with one attached hydrogen (secondary N) is 2. The summed E-state index contributed by atoms with van der Waals surface area (Å²) in [6.45, 7) is 0.677. The number of hydrogen-bond donors (Lipinski definition) is 3. The second-order valence-electron chi connectivity index (χ2n) is 7.16. The molecule has 0 saturated heterocycles. The van der Waals surface area contributed by atoms with E-state index in [1.807, 2.05) is 6.07 Å². The highest BCUT2D eigenvalue weighted by Crippen LogP contribution is 2.22. The highest BCUT2D eigenvalue weighted by molar-refractivity contribution is 7.16. The lowest BCUT2D eigenvalue weighted by molar-refractivity contribution is 0.0696. The lowest BCUT2D eigenvalue weighted by atomic mass is 10.1. The van der Waals surface area contributed by atoms with E-state index in [0.717, 1.165) is 11.1 Å². The van der Waals surface area contributed by atoms with Crippen LogP contribution in [0, 0.1) is 0 Å². The third kappa shape index (κ3) is 5.46. The van der Waals surface area contributed by atoms with Gasteiger partial charge in [0, 0.05) is 17.1 Å². The molecule has 0 fully saturated rings. The molecule has 4 aromatic rings. The number of aromatic nitrogens is 2. The molecule has 0 unspecified atom stereocenters. The Kier molecular flexibility index (Phi) is 6.83. The van der Waals surface area contributed by atoms with Crippen molar-refractivity contribution in [3.05, 3.63) is 97.4 Å². The number of carboxylic acids is 1. The molecule has 0 bridgehead atoms. The van der Waals surface area contributed by atoms with Crippen LogP contribution in [0.15, 0.2) is 58.7 Å². The van der Waals surface area contributed by atoms with Gasteiger partial charge in [0.05, 0.1) is 24.2 Å². The molecule has 0 aliphatic heterocycles. The zero-order valence-electron chi connectivity index (χ0n) is 17.1. The predicted octanol–water partition coefficient (Wildman–Crippen LogP) is 3.98. The monoisotopic (exact) mass is 483 g/mol. The standard InChI is InChI=1S/C23H18ClN3O5S/c24-17-3-1-2-14(8-17)9-25-21(29)19-26-20(28)18-16(12-33-22(18)27-19)11-32-10-13-4-6-15(7-5-13)23(30)31/h1-8,12H,9-11H2,(H,25,29)(H,30,31)(H,26,27,28). The number of H-pyrrole nitrogens is 1. The number of thiophene rings is 1. The van der Waals surface area contributed by atoms with E-state index in [9.17, 15) is 14.4 Å². The van der Waals surface area contributed by atoms with Crippen molar-refractivity contribution in [1.29, 1.82) is 0 Å². The number of rotatable bonds is 8. The average molecular weight is 484 g/mol. The molecule has 2 aromatic carbocycles. The van der Waals surface area contributed by atoms with Crippen molar-refractivity contribution < 1.29 is 19.4 Å². The normalized spacial score (nSPS) is 10.9. The van der Waals surface area contributed by atoms with Gasteiger partial charge in [-0.1, -0.05) is 35.9 Å². The van der Waals surface area contributed by atoms with Gasteiger partial charge >= 0.3 is 5.97 Å². The molecule has 0 spiro atoms. The zero-order valence-corrected chi connectivity index (χ0v) is 18.7. The number of hydrogen-bond acceptors (Lipinski definition) is 6. The van der Waals surface area contributed by atoms with Gasteiger partial charge in [0.2, 0.25) is 5.82 Å². The molecule has 0 aliphatic carbocycles. The number of carbonyl (C=O) groups is 2. The van der Waals surface area contributed by atoms with Crippen molar-refractivity contribution >= 4 is 45.0 Å². The van der Waals surface area contributed by atoms with Gasteiger partial charge in [0.1, 0.15) is 4.83 Å². The van der Waals surface area contributed by atoms with Crippen molar-refractivity contribution in [1.82, 2.24) is 15.3 Å². The van der Waals surface area contributed by atoms with E-state index in [0.29, 0.717) is 20.8 Å². The number of nitrogens with zero attached hydrogens (tertiary/aromatic N) is 1. The Morgan fingerprint density at radius 3 is 2.64 bits per heavy atom. The molecule has 8 nitrogen and oxygen atoms in total.